The molecule has 0 fully saturated rings. The van der Waals surface area contributed by atoms with Gasteiger partial charge in [-0.15, -0.1) is 0 Å². The van der Waals surface area contributed by atoms with E-state index in [-0.39, 0.29) is 8.76 Å². The Morgan fingerprint density at radius 1 is 0.815 bits per heavy atom. The zero-order chi connectivity index (χ0) is 20.0. The van der Waals surface area contributed by atoms with Crippen molar-refractivity contribution < 1.29 is 26.6 Å². The average Bonchev–Trinajstić information content (AvgIpc) is 2.68. The molecule has 1 atom stereocenters. The predicted molar refractivity (Wildman–Crippen MR) is 112 cm³/mol. The van der Waals surface area contributed by atoms with Crippen molar-refractivity contribution in [3.8, 4) is 0 Å². The van der Waals surface area contributed by atoms with E-state index < -0.39 is 0 Å². The van der Waals surface area contributed by atoms with E-state index >= 15 is 0 Å². The second-order valence-electron chi connectivity index (χ2n) is 6.52. The van der Waals surface area contributed by atoms with Crippen molar-refractivity contribution in [3.05, 3.63) is 0 Å². The normalized spacial score (nSPS) is 12.3. The van der Waals surface area contributed by atoms with Gasteiger partial charge < -0.3 is 29.6 Å². The van der Waals surface area contributed by atoms with Crippen LogP contribution in [0.1, 0.15) is 55.7 Å². The standard InChI is InChI=1S/C20H42N2O5.2H2/c1-4-6-7-9-22-20(23)8-11-24-13-15-26-17-18-27-16-14-25-12-10-21-19(3)5-2;;/h19,21H,4-18H2,1-3H3,(H,22,23);2*1H. The van der Waals surface area contributed by atoms with Gasteiger partial charge in [-0.3, -0.25) is 4.79 Å². The molecule has 2 N–H and O–H groups in total. The van der Waals surface area contributed by atoms with Gasteiger partial charge in [0.2, 0.25) is 5.91 Å². The molecule has 0 aromatic rings. The Morgan fingerprint density at radius 2 is 1.37 bits per heavy atom. The lowest BCUT2D eigenvalue weighted by Gasteiger charge is -2.11. The van der Waals surface area contributed by atoms with E-state index in [1.807, 2.05) is 0 Å². The number of ether oxygens (including phenoxy) is 4. The van der Waals surface area contributed by atoms with Gasteiger partial charge in [0.1, 0.15) is 0 Å². The van der Waals surface area contributed by atoms with Crippen LogP contribution in [-0.4, -0.2) is 77.9 Å². The van der Waals surface area contributed by atoms with Crippen molar-refractivity contribution in [3.63, 3.8) is 0 Å². The van der Waals surface area contributed by atoms with E-state index in [0.717, 1.165) is 38.8 Å². The molecule has 0 bridgehead atoms. The number of carbonyl (C=O) groups excluding carboxylic acids is 1. The highest BCUT2D eigenvalue weighted by atomic mass is 16.6. The molecule has 0 aromatic heterocycles. The zero-order valence-electron chi connectivity index (χ0n) is 17.7. The minimum absolute atomic E-state index is 0. The van der Waals surface area contributed by atoms with E-state index in [9.17, 15) is 4.79 Å². The molecule has 0 saturated carbocycles. The molecular formula is C20H46N2O5. The molecule has 7 nitrogen and oxygen atoms in total. The maximum Gasteiger partial charge on any atom is 0.222 e. The Labute approximate surface area is 168 Å². The Kier molecular flexibility index (Phi) is 21.0. The van der Waals surface area contributed by atoms with Crippen molar-refractivity contribution in [2.75, 3.05) is 65.9 Å². The highest BCUT2D eigenvalue weighted by Crippen LogP contribution is 1.92. The summed E-state index contributed by atoms with van der Waals surface area (Å²) in [5.74, 6) is 0.0540. The lowest BCUT2D eigenvalue weighted by atomic mass is 10.2. The highest BCUT2D eigenvalue weighted by Gasteiger charge is 2.00. The molecule has 0 aliphatic rings. The summed E-state index contributed by atoms with van der Waals surface area (Å²) in [5, 5.41) is 6.26. The van der Waals surface area contributed by atoms with Gasteiger partial charge in [-0.2, -0.15) is 0 Å². The lowest BCUT2D eigenvalue weighted by molar-refractivity contribution is -0.122. The van der Waals surface area contributed by atoms with Gasteiger partial charge in [0, 0.05) is 28.4 Å². The van der Waals surface area contributed by atoms with Crippen LogP contribution in [0.2, 0.25) is 0 Å². The topological polar surface area (TPSA) is 78.1 Å². The van der Waals surface area contributed by atoms with E-state index in [4.69, 9.17) is 18.9 Å². The molecule has 1 amide bonds. The van der Waals surface area contributed by atoms with Gasteiger partial charge in [0.25, 0.3) is 0 Å². The quantitative estimate of drug-likeness (QED) is 0.291. The minimum Gasteiger partial charge on any atom is -0.379 e. The number of amides is 1. The SMILES string of the molecule is CCCCCNC(=O)CCOCCOCCOCCOCCNC(C)CC.[HH].[HH]. The maximum atomic E-state index is 11.5. The van der Waals surface area contributed by atoms with Crippen LogP contribution in [0.5, 0.6) is 0 Å². The van der Waals surface area contributed by atoms with Crippen LogP contribution in [0.25, 0.3) is 0 Å². The van der Waals surface area contributed by atoms with Crippen molar-refractivity contribution in [1.29, 1.82) is 0 Å². The van der Waals surface area contributed by atoms with E-state index in [2.05, 4.69) is 31.4 Å². The number of unbranched alkanes of at least 4 members (excludes halogenated alkanes) is 2. The first-order valence-electron chi connectivity index (χ1n) is 10.5. The zero-order valence-corrected chi connectivity index (χ0v) is 17.7. The molecule has 0 aromatic carbocycles. The van der Waals surface area contributed by atoms with Crippen molar-refractivity contribution >= 4 is 5.91 Å². The van der Waals surface area contributed by atoms with E-state index in [1.165, 1.54) is 0 Å². The summed E-state index contributed by atoms with van der Waals surface area (Å²) < 4.78 is 21.7. The first-order valence-corrected chi connectivity index (χ1v) is 10.5. The fourth-order valence-electron chi connectivity index (χ4n) is 2.14. The summed E-state index contributed by atoms with van der Waals surface area (Å²) in [4.78, 5) is 11.5. The molecule has 0 saturated heterocycles. The molecular weight excluding hydrogens is 348 g/mol. The summed E-state index contributed by atoms with van der Waals surface area (Å²) in [7, 11) is 0. The fraction of sp³-hybridized carbons (Fsp3) is 0.950. The van der Waals surface area contributed by atoms with Gasteiger partial charge in [-0.05, 0) is 19.8 Å². The first-order chi connectivity index (χ1) is 13.2. The van der Waals surface area contributed by atoms with Gasteiger partial charge in [-0.1, -0.05) is 26.7 Å². The Bertz CT molecular complexity index is 329. The van der Waals surface area contributed by atoms with Crippen LogP contribution >= 0.6 is 0 Å². The Hall–Kier alpha value is -0.730. The van der Waals surface area contributed by atoms with Crippen LogP contribution in [0, 0.1) is 0 Å². The monoisotopic (exact) mass is 394 g/mol. The molecule has 0 aliphatic heterocycles. The molecule has 0 aliphatic carbocycles. The first kappa shape index (κ1) is 26.3. The predicted octanol–water partition coefficient (Wildman–Crippen LogP) is 2.63. The molecule has 0 rings (SSSR count). The average molecular weight is 395 g/mol. The Morgan fingerprint density at radius 3 is 1.93 bits per heavy atom. The number of rotatable bonds is 21. The summed E-state index contributed by atoms with van der Waals surface area (Å²) in [5.41, 5.74) is 0. The summed E-state index contributed by atoms with van der Waals surface area (Å²) in [6, 6.07) is 0.540. The number of carbonyl (C=O) groups is 1. The third-order valence-electron chi connectivity index (χ3n) is 4.04. The van der Waals surface area contributed by atoms with Crippen LogP contribution in [0.4, 0.5) is 0 Å². The van der Waals surface area contributed by atoms with E-state index in [1.54, 1.807) is 0 Å². The lowest BCUT2D eigenvalue weighted by Crippen LogP contribution is -2.29. The van der Waals surface area contributed by atoms with Gasteiger partial charge in [0.05, 0.1) is 52.9 Å². The second-order valence-corrected chi connectivity index (χ2v) is 6.52. The van der Waals surface area contributed by atoms with Gasteiger partial charge in [-0.25, -0.2) is 0 Å². The van der Waals surface area contributed by atoms with Gasteiger partial charge in [0.15, 0.2) is 0 Å². The molecule has 7 heteroatoms. The fourth-order valence-corrected chi connectivity index (χ4v) is 2.14. The molecule has 0 spiro atoms. The summed E-state index contributed by atoms with van der Waals surface area (Å²) in [6.07, 6.45) is 4.89. The second kappa shape index (κ2) is 21.6. The van der Waals surface area contributed by atoms with Crippen LogP contribution < -0.4 is 10.6 Å². The Balaban J connectivity index is -0.00000338. The van der Waals surface area contributed by atoms with Crippen LogP contribution in [0.15, 0.2) is 0 Å². The van der Waals surface area contributed by atoms with Gasteiger partial charge >= 0.3 is 0 Å². The van der Waals surface area contributed by atoms with Crippen LogP contribution in [-0.2, 0) is 23.7 Å². The maximum absolute atomic E-state index is 11.5. The number of hydrogen-bond acceptors (Lipinski definition) is 6. The summed E-state index contributed by atoms with van der Waals surface area (Å²) >= 11 is 0. The van der Waals surface area contributed by atoms with Crippen LogP contribution in [0.3, 0.4) is 0 Å². The largest absolute Gasteiger partial charge is 0.379 e. The number of nitrogens with one attached hydrogen (secondary N) is 2. The smallest absolute Gasteiger partial charge is 0.222 e. The molecule has 1 unspecified atom stereocenters. The molecule has 27 heavy (non-hydrogen) atoms. The third kappa shape index (κ3) is 21.4. The highest BCUT2D eigenvalue weighted by molar-refractivity contribution is 5.75. The molecule has 0 heterocycles. The van der Waals surface area contributed by atoms with Crippen molar-refractivity contribution in [2.45, 2.75) is 58.9 Å². The third-order valence-corrected chi connectivity index (χ3v) is 4.04. The van der Waals surface area contributed by atoms with Crippen molar-refractivity contribution in [1.82, 2.24) is 10.6 Å². The molecule has 166 valence electrons. The van der Waals surface area contributed by atoms with E-state index in [0.29, 0.717) is 65.3 Å². The van der Waals surface area contributed by atoms with Crippen molar-refractivity contribution in [2.24, 2.45) is 0 Å². The number of hydrogen-bond donors (Lipinski definition) is 2. The summed E-state index contributed by atoms with van der Waals surface area (Å²) in [6.45, 7) is 12.5. The minimum atomic E-state index is 0. The molecule has 0 radical (unpaired) electrons.